The molecule has 9 heteroatoms. The quantitative estimate of drug-likeness (QED) is 0.351. The minimum Gasteiger partial charge on any atom is -0.598 e. The van der Waals surface area contributed by atoms with Gasteiger partial charge in [-0.15, -0.1) is 4.72 Å². The fourth-order valence-corrected chi connectivity index (χ4v) is 4.61. The highest BCUT2D eigenvalue weighted by Crippen LogP contribution is 2.35. The number of carbonyl (C=O) groups is 1. The molecule has 0 bridgehead atoms. The first-order valence-electron chi connectivity index (χ1n) is 11.5. The summed E-state index contributed by atoms with van der Waals surface area (Å²) in [6.45, 7) is 5.58. The van der Waals surface area contributed by atoms with Crippen molar-refractivity contribution in [3.05, 3.63) is 83.4 Å². The Morgan fingerprint density at radius 1 is 1.11 bits per heavy atom. The van der Waals surface area contributed by atoms with Crippen LogP contribution in [0.3, 0.4) is 0 Å². The lowest BCUT2D eigenvalue weighted by Gasteiger charge is -2.29. The third-order valence-electron chi connectivity index (χ3n) is 5.72. The van der Waals surface area contributed by atoms with Crippen LogP contribution in [0.25, 0.3) is 22.2 Å². The van der Waals surface area contributed by atoms with E-state index >= 15 is 0 Å². The van der Waals surface area contributed by atoms with Gasteiger partial charge in [0.15, 0.2) is 5.58 Å². The summed E-state index contributed by atoms with van der Waals surface area (Å²) in [4.78, 5) is 18.2. The van der Waals surface area contributed by atoms with Crippen LogP contribution < -0.4 is 4.72 Å². The van der Waals surface area contributed by atoms with Crippen LogP contribution in [0.5, 0.6) is 0 Å². The lowest BCUT2D eigenvalue weighted by molar-refractivity contribution is 0.0821. The molecule has 0 saturated heterocycles. The first-order valence-corrected chi connectivity index (χ1v) is 12.7. The van der Waals surface area contributed by atoms with Gasteiger partial charge in [-0.25, -0.2) is 9.37 Å². The molecular formula is C27H29FN4O3S. The van der Waals surface area contributed by atoms with Gasteiger partial charge in [-0.1, -0.05) is 41.6 Å². The Labute approximate surface area is 213 Å². The molecule has 0 fully saturated rings. The largest absolute Gasteiger partial charge is 0.598 e. The summed E-state index contributed by atoms with van der Waals surface area (Å²) < 4.78 is 36.3. The van der Waals surface area contributed by atoms with Crippen molar-refractivity contribution in [3.63, 3.8) is 0 Å². The highest BCUT2D eigenvalue weighted by atomic mass is 32.2. The summed E-state index contributed by atoms with van der Waals surface area (Å²) in [6, 6.07) is 17.1. The maximum absolute atomic E-state index is 14.9. The molecule has 36 heavy (non-hydrogen) atoms. The molecule has 0 aliphatic heterocycles. The number of pyridine rings is 1. The Balaban J connectivity index is 1.81. The molecule has 1 amide bonds. The molecule has 4 rings (SSSR count). The van der Waals surface area contributed by atoms with Crippen molar-refractivity contribution in [1.82, 2.24) is 19.8 Å². The first-order chi connectivity index (χ1) is 17.1. The lowest BCUT2D eigenvalue weighted by Crippen LogP contribution is -2.42. The third-order valence-corrected chi connectivity index (χ3v) is 7.33. The van der Waals surface area contributed by atoms with Gasteiger partial charge >= 0.3 is 0 Å². The Morgan fingerprint density at radius 3 is 2.53 bits per heavy atom. The number of hydrogen-bond acceptors (Lipinski definition) is 6. The van der Waals surface area contributed by atoms with Crippen molar-refractivity contribution in [1.29, 1.82) is 0 Å². The highest BCUT2D eigenvalue weighted by molar-refractivity contribution is 7.90. The minimum absolute atomic E-state index is 0.0645. The van der Waals surface area contributed by atoms with Crippen LogP contribution in [0.15, 0.2) is 65.2 Å². The number of nitrogens with zero attached hydrogens (tertiary/aromatic N) is 3. The summed E-state index contributed by atoms with van der Waals surface area (Å²) in [5, 5.41) is 5.14. The SMILES string of the molecule is CN(C)C(=O)c1ccc(F)c(CC(N[S@@+]([O-])C(C)(C)C)c2ccccc2-c2noc3ccccc23)n1. The van der Waals surface area contributed by atoms with Crippen LogP contribution in [0.2, 0.25) is 0 Å². The van der Waals surface area contributed by atoms with Crippen molar-refractivity contribution < 1.29 is 18.3 Å². The molecule has 0 spiro atoms. The van der Waals surface area contributed by atoms with E-state index in [1.54, 1.807) is 14.1 Å². The smallest absolute Gasteiger partial charge is 0.271 e. The number of para-hydroxylation sites is 1. The Hall–Kier alpha value is -3.27. The van der Waals surface area contributed by atoms with Crippen LogP contribution in [-0.2, 0) is 17.8 Å². The number of halogens is 1. The van der Waals surface area contributed by atoms with Crippen molar-refractivity contribution in [3.8, 4) is 11.3 Å². The van der Waals surface area contributed by atoms with Gasteiger partial charge in [-0.05, 0) is 50.6 Å². The van der Waals surface area contributed by atoms with Gasteiger partial charge in [0, 0.05) is 42.8 Å². The fraction of sp³-hybridized carbons (Fsp3) is 0.296. The van der Waals surface area contributed by atoms with Gasteiger partial charge in [-0.2, -0.15) is 0 Å². The van der Waals surface area contributed by atoms with Gasteiger partial charge in [0.1, 0.15) is 22.0 Å². The second kappa shape index (κ2) is 10.4. The maximum atomic E-state index is 14.9. The van der Waals surface area contributed by atoms with E-state index in [0.717, 1.165) is 16.5 Å². The van der Waals surface area contributed by atoms with Gasteiger partial charge in [0.2, 0.25) is 0 Å². The molecule has 4 aromatic rings. The number of aromatic nitrogens is 2. The van der Waals surface area contributed by atoms with E-state index < -0.39 is 28.0 Å². The number of hydrogen-bond donors (Lipinski definition) is 1. The predicted octanol–water partition coefficient (Wildman–Crippen LogP) is 5.07. The molecule has 2 aromatic heterocycles. The fourth-order valence-electron chi connectivity index (χ4n) is 3.79. The average molecular weight is 509 g/mol. The van der Waals surface area contributed by atoms with Gasteiger partial charge in [0.25, 0.3) is 5.91 Å². The molecule has 1 unspecified atom stereocenters. The number of rotatable bonds is 7. The standard InChI is InChI=1S/C27H29FN4O3S/c1-27(2,3)36(34)31-22(16-23-20(28)14-15-21(29-23)26(33)32(4)5)17-10-6-7-11-18(17)25-19-12-8-9-13-24(19)35-30-25/h6-15,22,31H,16H2,1-5H3/t22?,36-/m0/s1. The van der Waals surface area contributed by atoms with Crippen molar-refractivity contribution in [2.45, 2.75) is 38.0 Å². The van der Waals surface area contributed by atoms with Crippen molar-refractivity contribution >= 4 is 28.2 Å². The molecule has 188 valence electrons. The van der Waals surface area contributed by atoms with E-state index in [-0.39, 0.29) is 23.7 Å². The monoisotopic (exact) mass is 508 g/mol. The summed E-state index contributed by atoms with van der Waals surface area (Å²) in [7, 11) is 3.23. The zero-order valence-electron chi connectivity index (χ0n) is 20.9. The molecule has 2 aromatic carbocycles. The van der Waals surface area contributed by atoms with Crippen molar-refractivity contribution in [2.24, 2.45) is 0 Å². The summed E-state index contributed by atoms with van der Waals surface area (Å²) in [5.41, 5.74) is 3.06. The molecule has 1 N–H and O–H groups in total. The van der Waals surface area contributed by atoms with E-state index in [1.807, 2.05) is 69.3 Å². The molecule has 0 aliphatic rings. The second-order valence-electron chi connectivity index (χ2n) is 9.69. The van der Waals surface area contributed by atoms with Gasteiger partial charge < -0.3 is 14.0 Å². The van der Waals surface area contributed by atoms with Crippen LogP contribution >= 0.6 is 0 Å². The summed E-state index contributed by atoms with van der Waals surface area (Å²) >= 11 is -1.47. The molecule has 2 heterocycles. The number of nitrogens with one attached hydrogen (secondary N) is 1. The molecule has 7 nitrogen and oxygen atoms in total. The zero-order chi connectivity index (χ0) is 26.0. The minimum atomic E-state index is -1.47. The Morgan fingerprint density at radius 2 is 1.81 bits per heavy atom. The van der Waals surface area contributed by atoms with E-state index in [2.05, 4.69) is 14.9 Å². The van der Waals surface area contributed by atoms with Crippen LogP contribution in [0, 0.1) is 5.82 Å². The van der Waals surface area contributed by atoms with Gasteiger partial charge in [0.05, 0.1) is 11.7 Å². The Bertz CT molecular complexity index is 1380. The number of benzene rings is 2. The van der Waals surface area contributed by atoms with Crippen molar-refractivity contribution in [2.75, 3.05) is 14.1 Å². The van der Waals surface area contributed by atoms with E-state index in [9.17, 15) is 13.7 Å². The molecule has 0 aliphatic carbocycles. The predicted molar refractivity (Wildman–Crippen MR) is 139 cm³/mol. The van der Waals surface area contributed by atoms with Crippen LogP contribution in [-0.4, -0.2) is 44.3 Å². The number of fused-ring (bicyclic) bond motifs is 1. The number of amides is 1. The van der Waals surface area contributed by atoms with E-state index in [0.29, 0.717) is 11.3 Å². The third kappa shape index (κ3) is 5.43. The van der Waals surface area contributed by atoms with E-state index in [4.69, 9.17) is 4.52 Å². The molecule has 2 atom stereocenters. The summed E-state index contributed by atoms with van der Waals surface area (Å²) in [5.74, 6) is -0.864. The first kappa shape index (κ1) is 25.8. The second-order valence-corrected chi connectivity index (χ2v) is 11.7. The summed E-state index contributed by atoms with van der Waals surface area (Å²) in [6.07, 6.45) is 0.0645. The van der Waals surface area contributed by atoms with Crippen LogP contribution in [0.1, 0.15) is 48.6 Å². The molecule has 0 radical (unpaired) electrons. The highest BCUT2D eigenvalue weighted by Gasteiger charge is 2.32. The topological polar surface area (TPSA) is 94.3 Å². The van der Waals surface area contributed by atoms with Gasteiger partial charge in [-0.3, -0.25) is 4.79 Å². The Kier molecular flexibility index (Phi) is 7.44. The molecule has 0 saturated carbocycles. The lowest BCUT2D eigenvalue weighted by atomic mass is 9.94. The van der Waals surface area contributed by atoms with Crippen LogP contribution in [0.4, 0.5) is 4.39 Å². The maximum Gasteiger partial charge on any atom is 0.271 e. The normalized spacial score (nSPS) is 13.5. The zero-order valence-corrected chi connectivity index (χ0v) is 21.7. The average Bonchev–Trinajstić information content (AvgIpc) is 3.27. The van der Waals surface area contributed by atoms with E-state index in [1.165, 1.54) is 17.0 Å². The molecular weight excluding hydrogens is 479 g/mol. The number of carbonyl (C=O) groups excluding carboxylic acids is 1.